The first-order chi connectivity index (χ1) is 7.58. The lowest BCUT2D eigenvalue weighted by Gasteiger charge is -2.05. The molecule has 16 heavy (non-hydrogen) atoms. The van der Waals surface area contributed by atoms with Gasteiger partial charge in [-0.15, -0.1) is 0 Å². The van der Waals surface area contributed by atoms with Crippen molar-refractivity contribution >= 4 is 0 Å². The predicted octanol–water partition coefficient (Wildman–Crippen LogP) is 3.65. The molecule has 0 aliphatic carbocycles. The molecule has 82 valence electrons. The highest BCUT2D eigenvalue weighted by Crippen LogP contribution is 2.28. The van der Waals surface area contributed by atoms with Crippen LogP contribution in [0.25, 0.3) is 11.1 Å². The van der Waals surface area contributed by atoms with Crippen molar-refractivity contribution in [2.75, 3.05) is 0 Å². The maximum atomic E-state index is 13.5. The number of phenols is 1. The molecule has 3 heteroatoms. The summed E-state index contributed by atoms with van der Waals surface area (Å²) in [7, 11) is 0. The molecular weight excluding hydrogens is 210 g/mol. The average molecular weight is 220 g/mol. The minimum atomic E-state index is -0.822. The van der Waals surface area contributed by atoms with Gasteiger partial charge in [-0.3, -0.25) is 0 Å². The second kappa shape index (κ2) is 3.93. The zero-order valence-corrected chi connectivity index (χ0v) is 8.67. The van der Waals surface area contributed by atoms with E-state index in [1.807, 2.05) is 19.1 Å². The first kappa shape index (κ1) is 10.6. The van der Waals surface area contributed by atoms with Crippen LogP contribution in [0.5, 0.6) is 5.75 Å². The molecule has 0 spiro atoms. The summed E-state index contributed by atoms with van der Waals surface area (Å²) >= 11 is 0. The Labute approximate surface area is 92.0 Å². The number of rotatable bonds is 1. The van der Waals surface area contributed by atoms with Gasteiger partial charge in [0.1, 0.15) is 5.82 Å². The third-order valence-electron chi connectivity index (χ3n) is 2.40. The summed E-state index contributed by atoms with van der Waals surface area (Å²) in [5.41, 5.74) is 1.78. The average Bonchev–Trinajstić information content (AvgIpc) is 2.25. The van der Waals surface area contributed by atoms with Crippen LogP contribution < -0.4 is 0 Å². The minimum absolute atomic E-state index is 0.148. The SMILES string of the molecule is Cc1ccc(-c2cc(F)c(O)cc2F)cc1. The van der Waals surface area contributed by atoms with Crippen LogP contribution in [0.1, 0.15) is 5.56 Å². The van der Waals surface area contributed by atoms with Gasteiger partial charge in [-0.2, -0.15) is 0 Å². The van der Waals surface area contributed by atoms with E-state index in [9.17, 15) is 8.78 Å². The number of aromatic hydroxyl groups is 1. The van der Waals surface area contributed by atoms with E-state index in [0.29, 0.717) is 5.56 Å². The van der Waals surface area contributed by atoms with Crippen LogP contribution >= 0.6 is 0 Å². The van der Waals surface area contributed by atoms with Gasteiger partial charge in [0.2, 0.25) is 0 Å². The van der Waals surface area contributed by atoms with Crippen LogP contribution in [0, 0.1) is 18.6 Å². The van der Waals surface area contributed by atoms with Crippen LogP contribution in [0.4, 0.5) is 8.78 Å². The Morgan fingerprint density at radius 3 is 2.19 bits per heavy atom. The smallest absolute Gasteiger partial charge is 0.165 e. The summed E-state index contributed by atoms with van der Waals surface area (Å²) in [4.78, 5) is 0. The van der Waals surface area contributed by atoms with Crippen molar-refractivity contribution in [3.63, 3.8) is 0 Å². The lowest BCUT2D eigenvalue weighted by atomic mass is 10.0. The molecular formula is C13H10F2O. The second-order valence-corrected chi connectivity index (χ2v) is 3.65. The van der Waals surface area contributed by atoms with Gasteiger partial charge in [-0.05, 0) is 18.6 Å². The van der Waals surface area contributed by atoms with Crippen molar-refractivity contribution < 1.29 is 13.9 Å². The highest BCUT2D eigenvalue weighted by Gasteiger charge is 2.10. The molecule has 0 unspecified atom stereocenters. The Balaban J connectivity index is 2.56. The first-order valence-electron chi connectivity index (χ1n) is 4.83. The molecule has 0 bridgehead atoms. The highest BCUT2D eigenvalue weighted by molar-refractivity contribution is 5.65. The Kier molecular flexibility index (Phi) is 2.60. The third-order valence-corrected chi connectivity index (χ3v) is 2.40. The van der Waals surface area contributed by atoms with E-state index in [2.05, 4.69) is 0 Å². The van der Waals surface area contributed by atoms with Crippen LogP contribution in [0.15, 0.2) is 36.4 Å². The molecule has 0 amide bonds. The van der Waals surface area contributed by atoms with E-state index >= 15 is 0 Å². The summed E-state index contributed by atoms with van der Waals surface area (Å²) in [6.45, 7) is 1.91. The Morgan fingerprint density at radius 1 is 0.938 bits per heavy atom. The normalized spacial score (nSPS) is 10.4. The summed E-state index contributed by atoms with van der Waals surface area (Å²) < 4.78 is 26.6. The Bertz CT molecular complexity index is 518. The number of hydrogen-bond donors (Lipinski definition) is 1. The van der Waals surface area contributed by atoms with Gasteiger partial charge in [-0.1, -0.05) is 29.8 Å². The molecule has 0 atom stereocenters. The number of aryl methyl sites for hydroxylation is 1. The van der Waals surface area contributed by atoms with Gasteiger partial charge in [0.05, 0.1) is 0 Å². The standard InChI is InChI=1S/C13H10F2O/c1-8-2-4-9(5-3-8)10-6-12(15)13(16)7-11(10)14/h2-7,16H,1H3. The molecule has 0 saturated heterocycles. The molecule has 2 rings (SSSR count). The zero-order chi connectivity index (χ0) is 11.7. The summed E-state index contributed by atoms with van der Waals surface area (Å²) in [5.74, 6) is -2.13. The fraction of sp³-hybridized carbons (Fsp3) is 0.0769. The highest BCUT2D eigenvalue weighted by atomic mass is 19.1. The largest absolute Gasteiger partial charge is 0.505 e. The number of benzene rings is 2. The van der Waals surface area contributed by atoms with Crippen molar-refractivity contribution in [1.82, 2.24) is 0 Å². The number of halogens is 2. The van der Waals surface area contributed by atoms with E-state index < -0.39 is 17.4 Å². The Hall–Kier alpha value is -1.90. The fourth-order valence-electron chi connectivity index (χ4n) is 1.49. The van der Waals surface area contributed by atoms with E-state index in [0.717, 1.165) is 17.7 Å². The van der Waals surface area contributed by atoms with Crippen molar-refractivity contribution in [2.45, 2.75) is 6.92 Å². The van der Waals surface area contributed by atoms with Gasteiger partial charge in [0, 0.05) is 11.6 Å². The van der Waals surface area contributed by atoms with Crippen molar-refractivity contribution in [3.8, 4) is 16.9 Å². The molecule has 0 fully saturated rings. The predicted molar refractivity (Wildman–Crippen MR) is 58.2 cm³/mol. The quantitative estimate of drug-likeness (QED) is 0.777. The molecule has 0 saturated carbocycles. The number of phenolic OH excluding ortho intramolecular Hbond substituents is 1. The van der Waals surface area contributed by atoms with Crippen molar-refractivity contribution in [1.29, 1.82) is 0 Å². The fourth-order valence-corrected chi connectivity index (χ4v) is 1.49. The maximum Gasteiger partial charge on any atom is 0.165 e. The first-order valence-corrected chi connectivity index (χ1v) is 4.83. The van der Waals surface area contributed by atoms with Gasteiger partial charge < -0.3 is 5.11 Å². The topological polar surface area (TPSA) is 20.2 Å². The van der Waals surface area contributed by atoms with E-state index in [1.165, 1.54) is 0 Å². The lowest BCUT2D eigenvalue weighted by Crippen LogP contribution is -1.87. The molecule has 1 N–H and O–H groups in total. The van der Waals surface area contributed by atoms with E-state index in [4.69, 9.17) is 5.11 Å². The lowest BCUT2D eigenvalue weighted by molar-refractivity contribution is 0.427. The molecule has 0 radical (unpaired) electrons. The van der Waals surface area contributed by atoms with Crippen LogP contribution in [0.3, 0.4) is 0 Å². The van der Waals surface area contributed by atoms with Gasteiger partial charge in [0.25, 0.3) is 0 Å². The van der Waals surface area contributed by atoms with E-state index in [1.54, 1.807) is 12.1 Å². The second-order valence-electron chi connectivity index (χ2n) is 3.65. The van der Waals surface area contributed by atoms with Crippen molar-refractivity contribution in [2.24, 2.45) is 0 Å². The van der Waals surface area contributed by atoms with Crippen molar-refractivity contribution in [3.05, 3.63) is 53.6 Å². The third kappa shape index (κ3) is 1.89. The molecule has 2 aromatic carbocycles. The summed E-state index contributed by atoms with van der Waals surface area (Å²) in [5, 5.41) is 9.00. The Morgan fingerprint density at radius 2 is 1.56 bits per heavy atom. The molecule has 0 aliphatic rings. The van der Waals surface area contributed by atoms with Crippen LogP contribution in [-0.2, 0) is 0 Å². The van der Waals surface area contributed by atoms with Gasteiger partial charge in [-0.25, -0.2) is 8.78 Å². The summed E-state index contributed by atoms with van der Waals surface area (Å²) in [6, 6.07) is 8.84. The summed E-state index contributed by atoms with van der Waals surface area (Å²) in [6.07, 6.45) is 0. The zero-order valence-electron chi connectivity index (χ0n) is 8.67. The number of hydrogen-bond acceptors (Lipinski definition) is 1. The monoisotopic (exact) mass is 220 g/mol. The molecule has 1 nitrogen and oxygen atoms in total. The maximum absolute atomic E-state index is 13.5. The minimum Gasteiger partial charge on any atom is -0.505 e. The molecule has 2 aromatic rings. The van der Waals surface area contributed by atoms with Crippen LogP contribution in [0.2, 0.25) is 0 Å². The van der Waals surface area contributed by atoms with Crippen LogP contribution in [-0.4, -0.2) is 5.11 Å². The molecule has 0 aliphatic heterocycles. The molecule has 0 heterocycles. The van der Waals surface area contributed by atoms with E-state index in [-0.39, 0.29) is 5.56 Å². The molecule has 0 aromatic heterocycles. The van der Waals surface area contributed by atoms with Gasteiger partial charge in [0.15, 0.2) is 11.6 Å². The van der Waals surface area contributed by atoms with Gasteiger partial charge >= 0.3 is 0 Å².